The highest BCUT2D eigenvalue weighted by atomic mass is 19.1. The molecule has 0 saturated heterocycles. The third-order valence-electron chi connectivity index (χ3n) is 3.95. The first-order valence-corrected chi connectivity index (χ1v) is 7.27. The van der Waals surface area contributed by atoms with E-state index >= 15 is 0 Å². The summed E-state index contributed by atoms with van der Waals surface area (Å²) in [5.41, 5.74) is 3.50. The fourth-order valence-electron chi connectivity index (χ4n) is 2.65. The molecule has 4 heteroatoms. The maximum Gasteiger partial charge on any atom is 0.178 e. The van der Waals surface area contributed by atoms with Crippen LogP contribution in [0.5, 0.6) is 0 Å². The number of hydrogen-bond donors (Lipinski definition) is 1. The molecule has 1 saturated carbocycles. The zero-order valence-electron chi connectivity index (χ0n) is 12.3. The molecule has 2 aromatic rings. The molecule has 1 heterocycles. The van der Waals surface area contributed by atoms with Gasteiger partial charge in [0.25, 0.3) is 0 Å². The monoisotopic (exact) mass is 286 g/mol. The second-order valence-corrected chi connectivity index (χ2v) is 5.67. The fraction of sp³-hybridized carbons (Fsp3) is 0.353. The molecule has 0 atom stereocenters. The first kappa shape index (κ1) is 14.0. The molecule has 1 aliphatic carbocycles. The van der Waals surface area contributed by atoms with E-state index in [9.17, 15) is 9.18 Å². The van der Waals surface area contributed by atoms with Gasteiger partial charge in [0, 0.05) is 28.7 Å². The molecular weight excluding hydrogens is 267 g/mol. The molecule has 1 aromatic heterocycles. The number of aryl methyl sites for hydroxylation is 1. The first-order chi connectivity index (χ1) is 10.1. The van der Waals surface area contributed by atoms with Gasteiger partial charge in [-0.15, -0.1) is 0 Å². The standard InChI is InChI=1S/C17H19FN2O/c1-11-9-16(17(21)10-19-14-5-6-14)12(2)20(11)15-7-3-13(18)4-8-15/h3-4,7-9,14,19H,5-6,10H2,1-2H3. The molecule has 21 heavy (non-hydrogen) atoms. The Kier molecular flexibility index (Phi) is 3.64. The molecule has 3 rings (SSSR count). The summed E-state index contributed by atoms with van der Waals surface area (Å²) in [6.45, 7) is 4.28. The summed E-state index contributed by atoms with van der Waals surface area (Å²) in [6.07, 6.45) is 2.34. The highest BCUT2D eigenvalue weighted by molar-refractivity contribution is 5.99. The van der Waals surface area contributed by atoms with Gasteiger partial charge in [0.2, 0.25) is 0 Å². The average molecular weight is 286 g/mol. The number of nitrogens with one attached hydrogen (secondary N) is 1. The third kappa shape index (κ3) is 2.90. The molecule has 1 fully saturated rings. The van der Waals surface area contributed by atoms with Crippen LogP contribution in [-0.4, -0.2) is 22.9 Å². The molecular formula is C17H19FN2O. The van der Waals surface area contributed by atoms with Crippen molar-refractivity contribution in [2.24, 2.45) is 0 Å². The van der Waals surface area contributed by atoms with E-state index in [1.54, 1.807) is 12.1 Å². The van der Waals surface area contributed by atoms with Crippen LogP contribution in [0, 0.1) is 19.7 Å². The molecule has 0 unspecified atom stereocenters. The Bertz CT molecular complexity index is 669. The lowest BCUT2D eigenvalue weighted by molar-refractivity contribution is 0.0990. The summed E-state index contributed by atoms with van der Waals surface area (Å²) in [5, 5.41) is 3.25. The second-order valence-electron chi connectivity index (χ2n) is 5.67. The smallest absolute Gasteiger partial charge is 0.178 e. The summed E-state index contributed by atoms with van der Waals surface area (Å²) in [6, 6.07) is 8.76. The molecule has 0 bridgehead atoms. The normalized spacial score (nSPS) is 14.4. The number of hydrogen-bond acceptors (Lipinski definition) is 2. The molecule has 0 aliphatic heterocycles. The summed E-state index contributed by atoms with van der Waals surface area (Å²) < 4.78 is 15.0. The number of aromatic nitrogens is 1. The Morgan fingerprint density at radius 1 is 1.29 bits per heavy atom. The van der Waals surface area contributed by atoms with Crippen molar-refractivity contribution in [2.45, 2.75) is 32.7 Å². The van der Waals surface area contributed by atoms with Gasteiger partial charge in [0.05, 0.1) is 6.54 Å². The van der Waals surface area contributed by atoms with Crippen molar-refractivity contribution in [3.63, 3.8) is 0 Å². The SMILES string of the molecule is Cc1cc(C(=O)CNC2CC2)c(C)n1-c1ccc(F)cc1. The number of Topliss-reactive ketones (excluding diaryl/α,β-unsaturated/α-hetero) is 1. The molecule has 0 spiro atoms. The Morgan fingerprint density at radius 2 is 1.95 bits per heavy atom. The van der Waals surface area contributed by atoms with Crippen LogP contribution in [0.25, 0.3) is 5.69 Å². The van der Waals surface area contributed by atoms with Crippen molar-refractivity contribution >= 4 is 5.78 Å². The Labute approximate surface area is 123 Å². The van der Waals surface area contributed by atoms with E-state index in [0.717, 1.165) is 22.6 Å². The maximum absolute atomic E-state index is 13.0. The minimum atomic E-state index is -0.258. The highest BCUT2D eigenvalue weighted by Gasteiger charge is 2.23. The van der Waals surface area contributed by atoms with Crippen molar-refractivity contribution in [3.05, 3.63) is 53.1 Å². The van der Waals surface area contributed by atoms with E-state index in [1.807, 2.05) is 24.5 Å². The molecule has 1 aromatic carbocycles. The lowest BCUT2D eigenvalue weighted by Crippen LogP contribution is -2.25. The van der Waals surface area contributed by atoms with Crippen LogP contribution < -0.4 is 5.32 Å². The minimum Gasteiger partial charge on any atom is -0.318 e. The van der Waals surface area contributed by atoms with Crippen molar-refractivity contribution in [1.29, 1.82) is 0 Å². The molecule has 0 radical (unpaired) electrons. The van der Waals surface area contributed by atoms with Crippen molar-refractivity contribution in [1.82, 2.24) is 9.88 Å². The third-order valence-corrected chi connectivity index (χ3v) is 3.95. The topological polar surface area (TPSA) is 34.0 Å². The van der Waals surface area contributed by atoms with Gasteiger partial charge in [-0.25, -0.2) is 4.39 Å². The van der Waals surface area contributed by atoms with Crippen molar-refractivity contribution < 1.29 is 9.18 Å². The van der Waals surface area contributed by atoms with Gasteiger partial charge >= 0.3 is 0 Å². The fourth-order valence-corrected chi connectivity index (χ4v) is 2.65. The highest BCUT2D eigenvalue weighted by Crippen LogP contribution is 2.22. The number of carbonyl (C=O) groups is 1. The number of rotatable bonds is 5. The van der Waals surface area contributed by atoms with E-state index in [2.05, 4.69) is 5.32 Å². The lowest BCUT2D eigenvalue weighted by Gasteiger charge is -2.10. The zero-order chi connectivity index (χ0) is 15.0. The largest absolute Gasteiger partial charge is 0.318 e. The van der Waals surface area contributed by atoms with Crippen molar-refractivity contribution in [3.8, 4) is 5.69 Å². The lowest BCUT2D eigenvalue weighted by atomic mass is 10.1. The summed E-state index contributed by atoms with van der Waals surface area (Å²) in [5.74, 6) is -0.144. The minimum absolute atomic E-state index is 0.114. The van der Waals surface area contributed by atoms with Crippen LogP contribution in [-0.2, 0) is 0 Å². The molecule has 1 N–H and O–H groups in total. The number of carbonyl (C=O) groups excluding carboxylic acids is 1. The van der Waals surface area contributed by atoms with Gasteiger partial charge in [0.15, 0.2) is 5.78 Å². The van der Waals surface area contributed by atoms with Crippen LogP contribution in [0.3, 0.4) is 0 Å². The Morgan fingerprint density at radius 3 is 2.57 bits per heavy atom. The Hall–Kier alpha value is -1.94. The second kappa shape index (κ2) is 5.45. The summed E-state index contributed by atoms with van der Waals surface area (Å²) in [4.78, 5) is 12.3. The van der Waals surface area contributed by atoms with E-state index in [-0.39, 0.29) is 11.6 Å². The number of nitrogens with zero attached hydrogens (tertiary/aromatic N) is 1. The summed E-state index contributed by atoms with van der Waals surface area (Å²) >= 11 is 0. The van der Waals surface area contributed by atoms with Gasteiger partial charge in [-0.1, -0.05) is 0 Å². The van der Waals surface area contributed by atoms with Gasteiger partial charge < -0.3 is 9.88 Å². The van der Waals surface area contributed by atoms with Gasteiger partial charge in [-0.3, -0.25) is 4.79 Å². The number of halogens is 1. The molecule has 110 valence electrons. The van der Waals surface area contributed by atoms with Gasteiger partial charge in [-0.2, -0.15) is 0 Å². The molecule has 3 nitrogen and oxygen atoms in total. The van der Waals surface area contributed by atoms with E-state index in [4.69, 9.17) is 0 Å². The number of benzene rings is 1. The predicted molar refractivity (Wildman–Crippen MR) is 80.6 cm³/mol. The van der Waals surface area contributed by atoms with Crippen LogP contribution >= 0.6 is 0 Å². The van der Waals surface area contributed by atoms with Crippen molar-refractivity contribution in [2.75, 3.05) is 6.54 Å². The van der Waals surface area contributed by atoms with Crippen LogP contribution in [0.4, 0.5) is 4.39 Å². The van der Waals surface area contributed by atoms with Gasteiger partial charge in [0.1, 0.15) is 5.82 Å². The predicted octanol–water partition coefficient (Wildman–Crippen LogP) is 3.17. The van der Waals surface area contributed by atoms with E-state index in [1.165, 1.54) is 25.0 Å². The summed E-state index contributed by atoms with van der Waals surface area (Å²) in [7, 11) is 0. The molecule has 1 aliphatic rings. The van der Waals surface area contributed by atoms with E-state index in [0.29, 0.717) is 12.6 Å². The van der Waals surface area contributed by atoms with Crippen LogP contribution in [0.15, 0.2) is 30.3 Å². The first-order valence-electron chi connectivity index (χ1n) is 7.27. The van der Waals surface area contributed by atoms with Crippen LogP contribution in [0.2, 0.25) is 0 Å². The van der Waals surface area contributed by atoms with Gasteiger partial charge in [-0.05, 0) is 57.0 Å². The van der Waals surface area contributed by atoms with E-state index < -0.39 is 0 Å². The maximum atomic E-state index is 13.0. The van der Waals surface area contributed by atoms with Crippen LogP contribution in [0.1, 0.15) is 34.6 Å². The average Bonchev–Trinajstić information content (AvgIpc) is 3.24. The Balaban J connectivity index is 1.88. The quantitative estimate of drug-likeness (QED) is 0.857. The molecule has 0 amide bonds. The zero-order valence-corrected chi connectivity index (χ0v) is 12.3. The number of ketones is 1.